The van der Waals surface area contributed by atoms with Gasteiger partial charge in [0.1, 0.15) is 0 Å². The van der Waals surface area contributed by atoms with Crippen LogP contribution in [0.1, 0.15) is 36.0 Å². The van der Waals surface area contributed by atoms with Crippen LogP contribution in [-0.4, -0.2) is 28.6 Å². The molecule has 0 amide bonds. The molecule has 1 aliphatic rings. The quantitative estimate of drug-likeness (QED) is 0.869. The molecule has 0 heterocycles. The minimum atomic E-state index is -1.47. The summed E-state index contributed by atoms with van der Waals surface area (Å²) >= 11 is 1.74. The Morgan fingerprint density at radius 3 is 2.55 bits per heavy atom. The van der Waals surface area contributed by atoms with Crippen molar-refractivity contribution in [2.75, 3.05) is 18.1 Å². The van der Waals surface area contributed by atoms with Crippen molar-refractivity contribution in [1.82, 2.24) is 0 Å². The number of nitrogens with one attached hydrogen (secondary N) is 1. The second-order valence-electron chi connectivity index (χ2n) is 5.04. The van der Waals surface area contributed by atoms with Crippen molar-refractivity contribution in [2.24, 2.45) is 0 Å². The normalized spacial score (nSPS) is 17.1. The van der Waals surface area contributed by atoms with E-state index >= 15 is 0 Å². The van der Waals surface area contributed by atoms with Crippen LogP contribution in [0.3, 0.4) is 0 Å². The SMILES string of the molecule is CSC1(CNc2ccc(C(=O)O)c(F)c2F)CCCC1. The maximum atomic E-state index is 13.8. The first-order valence-corrected chi connectivity index (χ1v) is 7.72. The minimum absolute atomic E-state index is 0.0211. The molecule has 0 bridgehead atoms. The summed E-state index contributed by atoms with van der Waals surface area (Å²) in [5.74, 6) is -3.91. The lowest BCUT2D eigenvalue weighted by Gasteiger charge is -2.27. The van der Waals surface area contributed by atoms with Crippen LogP contribution in [0.25, 0.3) is 0 Å². The Balaban J connectivity index is 2.14. The molecule has 0 spiro atoms. The average molecular weight is 301 g/mol. The summed E-state index contributed by atoms with van der Waals surface area (Å²) in [5.41, 5.74) is -0.624. The molecule has 0 saturated heterocycles. The van der Waals surface area contributed by atoms with Gasteiger partial charge >= 0.3 is 5.97 Å². The number of thioether (sulfide) groups is 1. The average Bonchev–Trinajstić information content (AvgIpc) is 2.89. The highest BCUT2D eigenvalue weighted by molar-refractivity contribution is 8.00. The number of carbonyl (C=O) groups is 1. The van der Waals surface area contributed by atoms with E-state index in [0.29, 0.717) is 6.54 Å². The number of carboxylic acids is 1. The molecule has 6 heteroatoms. The molecule has 110 valence electrons. The van der Waals surface area contributed by atoms with Crippen molar-refractivity contribution in [3.63, 3.8) is 0 Å². The largest absolute Gasteiger partial charge is 0.478 e. The summed E-state index contributed by atoms with van der Waals surface area (Å²) in [7, 11) is 0. The van der Waals surface area contributed by atoms with Gasteiger partial charge in [-0.25, -0.2) is 13.6 Å². The maximum absolute atomic E-state index is 13.8. The molecule has 3 nitrogen and oxygen atoms in total. The number of anilines is 1. The van der Waals surface area contributed by atoms with Crippen LogP contribution >= 0.6 is 11.8 Å². The van der Waals surface area contributed by atoms with Gasteiger partial charge in [0, 0.05) is 11.3 Å². The molecular weight excluding hydrogens is 284 g/mol. The number of halogens is 2. The molecule has 20 heavy (non-hydrogen) atoms. The lowest BCUT2D eigenvalue weighted by Crippen LogP contribution is -2.30. The van der Waals surface area contributed by atoms with E-state index < -0.39 is 23.2 Å². The zero-order chi connectivity index (χ0) is 14.8. The van der Waals surface area contributed by atoms with Crippen molar-refractivity contribution in [1.29, 1.82) is 0 Å². The fraction of sp³-hybridized carbons (Fsp3) is 0.500. The van der Waals surface area contributed by atoms with Gasteiger partial charge in [-0.1, -0.05) is 12.8 Å². The zero-order valence-electron chi connectivity index (χ0n) is 11.2. The third kappa shape index (κ3) is 2.90. The van der Waals surface area contributed by atoms with Crippen molar-refractivity contribution >= 4 is 23.4 Å². The number of hydrogen-bond acceptors (Lipinski definition) is 3. The molecule has 0 radical (unpaired) electrons. The Morgan fingerprint density at radius 2 is 2.00 bits per heavy atom. The molecule has 0 aliphatic heterocycles. The predicted molar refractivity (Wildman–Crippen MR) is 76.5 cm³/mol. The minimum Gasteiger partial charge on any atom is -0.478 e. The first-order valence-electron chi connectivity index (χ1n) is 6.49. The second-order valence-corrected chi connectivity index (χ2v) is 6.32. The molecular formula is C14H17F2NO2S. The lowest BCUT2D eigenvalue weighted by atomic mass is 10.1. The van der Waals surface area contributed by atoms with Crippen LogP contribution in [0.4, 0.5) is 14.5 Å². The Labute approximate surface area is 120 Å². The number of rotatable bonds is 5. The summed E-state index contributed by atoms with van der Waals surface area (Å²) in [4.78, 5) is 10.7. The monoisotopic (exact) mass is 301 g/mol. The first-order chi connectivity index (χ1) is 9.49. The zero-order valence-corrected chi connectivity index (χ0v) is 12.0. The van der Waals surface area contributed by atoms with Crippen LogP contribution in [0.5, 0.6) is 0 Å². The van der Waals surface area contributed by atoms with Gasteiger partial charge in [0.25, 0.3) is 0 Å². The fourth-order valence-corrected chi connectivity index (χ4v) is 3.49. The Morgan fingerprint density at radius 1 is 1.35 bits per heavy atom. The Hall–Kier alpha value is -1.30. The third-order valence-electron chi connectivity index (χ3n) is 3.86. The van der Waals surface area contributed by atoms with Crippen LogP contribution in [-0.2, 0) is 0 Å². The van der Waals surface area contributed by atoms with Crippen LogP contribution in [0.2, 0.25) is 0 Å². The van der Waals surface area contributed by atoms with Crippen LogP contribution in [0.15, 0.2) is 12.1 Å². The first kappa shape index (κ1) is 15.1. The summed E-state index contributed by atoms with van der Waals surface area (Å²) < 4.78 is 27.5. The number of hydrogen-bond donors (Lipinski definition) is 2. The van der Waals surface area contributed by atoms with E-state index in [1.54, 1.807) is 11.8 Å². The van der Waals surface area contributed by atoms with Crippen molar-refractivity contribution in [2.45, 2.75) is 30.4 Å². The molecule has 2 rings (SSSR count). The standard InChI is InChI=1S/C14H17F2NO2S/c1-20-14(6-2-3-7-14)8-17-10-5-4-9(13(18)19)11(15)12(10)16/h4-5,17H,2-3,6-8H2,1H3,(H,18,19). The molecule has 1 aliphatic carbocycles. The van der Waals surface area contributed by atoms with Crippen molar-refractivity contribution in [3.05, 3.63) is 29.3 Å². The summed E-state index contributed by atoms with van der Waals surface area (Å²) in [6, 6.07) is 2.37. The van der Waals surface area contributed by atoms with Crippen molar-refractivity contribution in [3.8, 4) is 0 Å². The fourth-order valence-electron chi connectivity index (χ4n) is 2.58. The molecule has 1 aromatic rings. The molecule has 2 N–H and O–H groups in total. The topological polar surface area (TPSA) is 49.3 Å². The molecule has 0 aromatic heterocycles. The van der Waals surface area contributed by atoms with Gasteiger partial charge in [0.05, 0.1) is 11.3 Å². The third-order valence-corrected chi connectivity index (χ3v) is 5.28. The van der Waals surface area contributed by atoms with E-state index in [0.717, 1.165) is 31.7 Å². The predicted octanol–water partition coefficient (Wildman–Crippen LogP) is 3.75. The van der Waals surface area contributed by atoms with Gasteiger partial charge in [0.15, 0.2) is 11.6 Å². The number of carboxylic acid groups (broad SMARTS) is 1. The van der Waals surface area contributed by atoms with E-state index in [1.165, 1.54) is 6.07 Å². The molecule has 0 unspecified atom stereocenters. The van der Waals surface area contributed by atoms with Gasteiger partial charge < -0.3 is 10.4 Å². The number of aromatic carboxylic acids is 1. The van der Waals surface area contributed by atoms with Gasteiger partial charge in [-0.15, -0.1) is 0 Å². The lowest BCUT2D eigenvalue weighted by molar-refractivity contribution is 0.0690. The molecule has 1 fully saturated rings. The van der Waals surface area contributed by atoms with Crippen LogP contribution in [0, 0.1) is 11.6 Å². The van der Waals surface area contributed by atoms with Crippen LogP contribution < -0.4 is 5.32 Å². The van der Waals surface area contributed by atoms with Gasteiger partial charge in [-0.3, -0.25) is 0 Å². The molecule has 0 atom stereocenters. The second kappa shape index (κ2) is 5.99. The Bertz CT molecular complexity index is 516. The summed E-state index contributed by atoms with van der Waals surface area (Å²) in [5, 5.41) is 11.7. The van der Waals surface area contributed by atoms with Gasteiger partial charge in [-0.05, 0) is 31.2 Å². The van der Waals surface area contributed by atoms with E-state index in [9.17, 15) is 13.6 Å². The van der Waals surface area contributed by atoms with E-state index in [4.69, 9.17) is 5.11 Å². The highest BCUT2D eigenvalue weighted by Gasteiger charge is 2.33. The smallest absolute Gasteiger partial charge is 0.338 e. The number of benzene rings is 1. The summed E-state index contributed by atoms with van der Waals surface area (Å²) in [6.07, 6.45) is 6.43. The molecule has 1 saturated carbocycles. The summed E-state index contributed by atoms with van der Waals surface area (Å²) in [6.45, 7) is 0.553. The highest BCUT2D eigenvalue weighted by Crippen LogP contribution is 2.40. The highest BCUT2D eigenvalue weighted by atomic mass is 32.2. The van der Waals surface area contributed by atoms with E-state index in [1.807, 2.05) is 6.26 Å². The molecule has 1 aromatic carbocycles. The van der Waals surface area contributed by atoms with E-state index in [-0.39, 0.29) is 10.4 Å². The van der Waals surface area contributed by atoms with Crippen molar-refractivity contribution < 1.29 is 18.7 Å². The van der Waals surface area contributed by atoms with E-state index in [2.05, 4.69) is 5.32 Å². The Kier molecular flexibility index (Phi) is 4.52. The maximum Gasteiger partial charge on any atom is 0.338 e. The van der Waals surface area contributed by atoms with Gasteiger partial charge in [-0.2, -0.15) is 11.8 Å². The van der Waals surface area contributed by atoms with Gasteiger partial charge in [0.2, 0.25) is 0 Å².